The zero-order valence-electron chi connectivity index (χ0n) is 23.0. The number of aryl methyl sites for hydroxylation is 3. The van der Waals surface area contributed by atoms with E-state index < -0.39 is 28.5 Å². The molecule has 7 nitrogen and oxygen atoms in total. The van der Waals surface area contributed by atoms with E-state index in [0.717, 1.165) is 32.1 Å². The smallest absolute Gasteiger partial charge is 0.264 e. The van der Waals surface area contributed by atoms with Gasteiger partial charge in [0.05, 0.1) is 10.6 Å². The average Bonchev–Trinajstić information content (AvgIpc) is 2.87. The van der Waals surface area contributed by atoms with E-state index in [9.17, 15) is 18.0 Å². The summed E-state index contributed by atoms with van der Waals surface area (Å²) >= 11 is 0. The van der Waals surface area contributed by atoms with E-state index in [4.69, 9.17) is 0 Å². The van der Waals surface area contributed by atoms with Crippen LogP contribution in [-0.4, -0.2) is 44.3 Å². The summed E-state index contributed by atoms with van der Waals surface area (Å²) in [6, 6.07) is 18.9. The van der Waals surface area contributed by atoms with Gasteiger partial charge in [-0.3, -0.25) is 13.9 Å². The van der Waals surface area contributed by atoms with Crippen LogP contribution in [0.2, 0.25) is 0 Å². The average molecular weight is 536 g/mol. The van der Waals surface area contributed by atoms with Gasteiger partial charge in [0.2, 0.25) is 11.8 Å². The number of nitrogens with zero attached hydrogens (tertiary/aromatic N) is 2. The topological polar surface area (TPSA) is 86.8 Å². The number of amides is 2. The number of rotatable bonds is 10. The number of benzene rings is 3. The SMILES string of the molecule is CCNC(=O)C(C)N(Cc1cccc(C)c1)C(=O)CN(c1cccc(C)c1C)S(=O)(=O)c1ccc(C)cc1. The zero-order chi connectivity index (χ0) is 28.0. The second-order valence-electron chi connectivity index (χ2n) is 9.63. The summed E-state index contributed by atoms with van der Waals surface area (Å²) in [6.07, 6.45) is 0. The monoisotopic (exact) mass is 535 g/mol. The highest BCUT2D eigenvalue weighted by Gasteiger charge is 2.33. The summed E-state index contributed by atoms with van der Waals surface area (Å²) in [7, 11) is -4.09. The van der Waals surface area contributed by atoms with Crippen molar-refractivity contribution in [1.29, 1.82) is 0 Å². The van der Waals surface area contributed by atoms with Gasteiger partial charge in [0, 0.05) is 13.1 Å². The standard InChI is InChI=1S/C30H37N3O4S/c1-7-31-30(35)25(6)32(19-26-12-8-10-22(3)18-26)29(34)20-33(28-13-9-11-23(4)24(28)5)38(36,37)27-16-14-21(2)15-17-27/h8-18,25H,7,19-20H2,1-6H3,(H,31,35). The molecule has 0 aliphatic rings. The molecule has 1 N–H and O–H groups in total. The maximum atomic E-state index is 14.0. The van der Waals surface area contributed by atoms with Crippen LogP contribution >= 0.6 is 0 Å². The lowest BCUT2D eigenvalue weighted by molar-refractivity contribution is -0.139. The van der Waals surface area contributed by atoms with E-state index in [1.807, 2.05) is 65.0 Å². The van der Waals surface area contributed by atoms with Crippen LogP contribution < -0.4 is 9.62 Å². The Labute approximate surface area is 226 Å². The van der Waals surface area contributed by atoms with Gasteiger partial charge in [0.1, 0.15) is 12.6 Å². The Morgan fingerprint density at radius 1 is 0.895 bits per heavy atom. The van der Waals surface area contributed by atoms with Crippen molar-refractivity contribution >= 4 is 27.5 Å². The molecule has 3 aromatic rings. The summed E-state index contributed by atoms with van der Waals surface area (Å²) in [4.78, 5) is 28.3. The van der Waals surface area contributed by atoms with Gasteiger partial charge in [-0.15, -0.1) is 0 Å². The van der Waals surface area contributed by atoms with Crippen LogP contribution in [0, 0.1) is 27.7 Å². The first-order valence-electron chi connectivity index (χ1n) is 12.7. The summed E-state index contributed by atoms with van der Waals surface area (Å²) in [5.41, 5.74) is 4.91. The Morgan fingerprint density at radius 3 is 2.18 bits per heavy atom. The number of carbonyl (C=O) groups is 2. The molecule has 8 heteroatoms. The molecule has 2 amide bonds. The van der Waals surface area contributed by atoms with Gasteiger partial charge in [-0.05, 0) is 76.4 Å². The lowest BCUT2D eigenvalue weighted by Gasteiger charge is -2.32. The van der Waals surface area contributed by atoms with Crippen molar-refractivity contribution in [3.63, 3.8) is 0 Å². The normalized spacial score (nSPS) is 12.1. The first kappa shape index (κ1) is 28.9. The van der Waals surface area contributed by atoms with Gasteiger partial charge >= 0.3 is 0 Å². The second kappa shape index (κ2) is 12.3. The van der Waals surface area contributed by atoms with E-state index >= 15 is 0 Å². The molecule has 0 radical (unpaired) electrons. The van der Waals surface area contributed by atoms with Crippen molar-refractivity contribution in [3.05, 3.63) is 94.5 Å². The van der Waals surface area contributed by atoms with Crippen molar-refractivity contribution in [2.75, 3.05) is 17.4 Å². The molecule has 0 bridgehead atoms. The number of sulfonamides is 1. The molecule has 0 spiro atoms. The molecule has 0 saturated heterocycles. The molecular formula is C30H37N3O4S. The van der Waals surface area contributed by atoms with Crippen LogP contribution in [0.25, 0.3) is 0 Å². The third kappa shape index (κ3) is 6.61. The maximum absolute atomic E-state index is 14.0. The van der Waals surface area contributed by atoms with Crippen LogP contribution in [0.3, 0.4) is 0 Å². The molecule has 3 rings (SSSR count). The third-order valence-corrected chi connectivity index (χ3v) is 8.46. The zero-order valence-corrected chi connectivity index (χ0v) is 23.8. The predicted octanol–water partition coefficient (Wildman–Crippen LogP) is 4.67. The molecule has 0 saturated carbocycles. The van der Waals surface area contributed by atoms with Crippen molar-refractivity contribution in [2.45, 2.75) is 59.0 Å². The van der Waals surface area contributed by atoms with E-state index in [1.54, 1.807) is 43.3 Å². The van der Waals surface area contributed by atoms with Crippen molar-refractivity contribution in [1.82, 2.24) is 10.2 Å². The van der Waals surface area contributed by atoms with E-state index in [1.165, 1.54) is 4.90 Å². The van der Waals surface area contributed by atoms with Crippen molar-refractivity contribution < 1.29 is 18.0 Å². The molecule has 0 fully saturated rings. The molecule has 1 unspecified atom stereocenters. The van der Waals surface area contributed by atoms with Crippen LogP contribution in [-0.2, 0) is 26.2 Å². The fourth-order valence-electron chi connectivity index (χ4n) is 4.27. The van der Waals surface area contributed by atoms with E-state index in [2.05, 4.69) is 5.32 Å². The first-order chi connectivity index (χ1) is 17.9. The lowest BCUT2D eigenvalue weighted by Crippen LogP contribution is -2.51. The Hall–Kier alpha value is -3.65. The van der Waals surface area contributed by atoms with Crippen LogP contribution in [0.5, 0.6) is 0 Å². The quantitative estimate of drug-likeness (QED) is 0.409. The van der Waals surface area contributed by atoms with Crippen molar-refractivity contribution in [2.24, 2.45) is 0 Å². The third-order valence-electron chi connectivity index (χ3n) is 6.69. The summed E-state index contributed by atoms with van der Waals surface area (Å²) < 4.78 is 29.1. The number of hydrogen-bond donors (Lipinski definition) is 1. The predicted molar refractivity (Wildman–Crippen MR) is 152 cm³/mol. The molecular weight excluding hydrogens is 498 g/mol. The number of anilines is 1. The highest BCUT2D eigenvalue weighted by Crippen LogP contribution is 2.29. The summed E-state index contributed by atoms with van der Waals surface area (Å²) in [5.74, 6) is -0.768. The van der Waals surface area contributed by atoms with Crippen molar-refractivity contribution in [3.8, 4) is 0 Å². The molecule has 1 atom stereocenters. The fraction of sp³-hybridized carbons (Fsp3) is 0.333. The number of nitrogens with one attached hydrogen (secondary N) is 1. The molecule has 0 heterocycles. The molecule has 0 aromatic heterocycles. The van der Waals surface area contributed by atoms with Crippen LogP contribution in [0.4, 0.5) is 5.69 Å². The number of hydrogen-bond acceptors (Lipinski definition) is 4. The lowest BCUT2D eigenvalue weighted by atomic mass is 10.1. The van der Waals surface area contributed by atoms with Gasteiger partial charge in [-0.1, -0.05) is 59.7 Å². The molecule has 202 valence electrons. The van der Waals surface area contributed by atoms with Gasteiger partial charge in [0.15, 0.2) is 0 Å². The first-order valence-corrected chi connectivity index (χ1v) is 14.2. The molecule has 3 aromatic carbocycles. The number of carbonyl (C=O) groups excluding carboxylic acids is 2. The fourth-order valence-corrected chi connectivity index (χ4v) is 5.74. The Morgan fingerprint density at radius 2 is 1.55 bits per heavy atom. The number of likely N-dealkylation sites (N-methyl/N-ethyl adjacent to an activating group) is 1. The van der Waals surface area contributed by atoms with E-state index in [-0.39, 0.29) is 17.3 Å². The highest BCUT2D eigenvalue weighted by molar-refractivity contribution is 7.92. The van der Waals surface area contributed by atoms with Gasteiger partial charge in [-0.2, -0.15) is 0 Å². The van der Waals surface area contributed by atoms with E-state index in [0.29, 0.717) is 12.2 Å². The van der Waals surface area contributed by atoms with Gasteiger partial charge in [-0.25, -0.2) is 8.42 Å². The summed E-state index contributed by atoms with van der Waals surface area (Å²) in [6.45, 7) is 11.2. The molecule has 0 aliphatic carbocycles. The van der Waals surface area contributed by atoms with Crippen LogP contribution in [0.1, 0.15) is 41.7 Å². The maximum Gasteiger partial charge on any atom is 0.264 e. The Kier molecular flexibility index (Phi) is 9.33. The Bertz CT molecular complexity index is 1400. The van der Waals surface area contributed by atoms with Gasteiger partial charge in [0.25, 0.3) is 10.0 Å². The second-order valence-corrected chi connectivity index (χ2v) is 11.5. The minimum atomic E-state index is -4.09. The largest absolute Gasteiger partial charge is 0.355 e. The molecule has 38 heavy (non-hydrogen) atoms. The minimum Gasteiger partial charge on any atom is -0.355 e. The molecule has 0 aliphatic heterocycles. The van der Waals surface area contributed by atoms with Crippen LogP contribution in [0.15, 0.2) is 71.6 Å². The summed E-state index contributed by atoms with van der Waals surface area (Å²) in [5, 5.41) is 2.78. The van der Waals surface area contributed by atoms with Gasteiger partial charge < -0.3 is 10.2 Å². The Balaban J connectivity index is 2.08. The highest BCUT2D eigenvalue weighted by atomic mass is 32.2. The minimum absolute atomic E-state index is 0.0961.